The van der Waals surface area contributed by atoms with Gasteiger partial charge in [-0.3, -0.25) is 0 Å². The van der Waals surface area contributed by atoms with Crippen molar-refractivity contribution in [2.24, 2.45) is 0 Å². The maximum absolute atomic E-state index is 6.07. The molecule has 1 saturated heterocycles. The summed E-state index contributed by atoms with van der Waals surface area (Å²) in [6, 6.07) is 5.96. The topological polar surface area (TPSA) is 27.7 Å². The molecule has 1 fully saturated rings. The van der Waals surface area contributed by atoms with E-state index in [0.717, 1.165) is 16.8 Å². The number of ether oxygens (including phenoxy) is 1. The minimum absolute atomic E-state index is 0.328. The Labute approximate surface area is 110 Å². The van der Waals surface area contributed by atoms with Crippen LogP contribution in [-0.2, 0) is 9.31 Å². The number of rotatable bonds is 2. The third kappa shape index (κ3) is 2.04. The van der Waals surface area contributed by atoms with Gasteiger partial charge in [-0.05, 0) is 46.2 Å². The predicted molar refractivity (Wildman–Crippen MR) is 73.4 cm³/mol. The number of methoxy groups -OCH3 is 1. The second kappa shape index (κ2) is 4.28. The molecule has 0 amide bonds. The largest absolute Gasteiger partial charge is 0.498 e. The molecule has 4 heteroatoms. The van der Waals surface area contributed by atoms with Crippen LogP contribution in [0.3, 0.4) is 0 Å². The van der Waals surface area contributed by atoms with Crippen LogP contribution < -0.4 is 10.2 Å². The van der Waals surface area contributed by atoms with Crippen molar-refractivity contribution in [2.45, 2.75) is 45.8 Å². The van der Waals surface area contributed by atoms with Crippen LogP contribution in [0.15, 0.2) is 18.2 Å². The highest BCUT2D eigenvalue weighted by Crippen LogP contribution is 2.37. The van der Waals surface area contributed by atoms with Crippen molar-refractivity contribution in [3.8, 4) is 5.75 Å². The summed E-state index contributed by atoms with van der Waals surface area (Å²) in [6.07, 6.45) is 0. The third-order valence-corrected chi connectivity index (χ3v) is 3.99. The summed E-state index contributed by atoms with van der Waals surface area (Å²) in [6.45, 7) is 10.3. The van der Waals surface area contributed by atoms with E-state index in [0.29, 0.717) is 0 Å². The molecule has 0 aliphatic carbocycles. The van der Waals surface area contributed by atoms with E-state index in [1.54, 1.807) is 7.11 Å². The molecule has 0 bridgehead atoms. The molecular weight excluding hydrogens is 227 g/mol. The van der Waals surface area contributed by atoms with E-state index in [1.807, 2.05) is 25.1 Å². The van der Waals surface area contributed by atoms with Gasteiger partial charge in [0.05, 0.1) is 18.3 Å². The number of hydrogen-bond acceptors (Lipinski definition) is 3. The maximum atomic E-state index is 6.07. The average molecular weight is 248 g/mol. The quantitative estimate of drug-likeness (QED) is 0.751. The lowest BCUT2D eigenvalue weighted by Crippen LogP contribution is -2.41. The summed E-state index contributed by atoms with van der Waals surface area (Å²) in [5.74, 6) is 0.813. The standard InChI is InChI=1S/C14H21BO3/c1-10-8-7-9-11(16-6)12(10)15-17-13(2,3)14(4,5)18-15/h7-9H,1-6H3. The summed E-state index contributed by atoms with van der Waals surface area (Å²) in [7, 11) is 1.30. The van der Waals surface area contributed by atoms with E-state index in [4.69, 9.17) is 14.0 Å². The Kier molecular flexibility index (Phi) is 3.20. The highest BCUT2D eigenvalue weighted by Gasteiger charge is 2.52. The SMILES string of the molecule is COc1cccc(C)c1B1OC(C)(C)C(C)(C)O1. The Bertz CT molecular complexity index is 438. The van der Waals surface area contributed by atoms with Gasteiger partial charge in [0, 0.05) is 5.46 Å². The molecule has 0 atom stereocenters. The molecule has 1 aliphatic rings. The molecule has 0 aromatic heterocycles. The molecule has 0 radical (unpaired) electrons. The summed E-state index contributed by atoms with van der Waals surface area (Å²) in [5, 5.41) is 0. The van der Waals surface area contributed by atoms with Gasteiger partial charge in [-0.25, -0.2) is 0 Å². The molecule has 2 rings (SSSR count). The van der Waals surface area contributed by atoms with Gasteiger partial charge in [0.1, 0.15) is 5.75 Å². The van der Waals surface area contributed by atoms with Gasteiger partial charge in [0.2, 0.25) is 0 Å². The van der Waals surface area contributed by atoms with Crippen LogP contribution in [0.25, 0.3) is 0 Å². The molecule has 1 aromatic carbocycles. The lowest BCUT2D eigenvalue weighted by molar-refractivity contribution is 0.00578. The highest BCUT2D eigenvalue weighted by atomic mass is 16.7. The van der Waals surface area contributed by atoms with Crippen molar-refractivity contribution in [1.82, 2.24) is 0 Å². The van der Waals surface area contributed by atoms with E-state index in [2.05, 4.69) is 27.7 Å². The Morgan fingerprint density at radius 3 is 2.11 bits per heavy atom. The molecule has 3 nitrogen and oxygen atoms in total. The zero-order valence-corrected chi connectivity index (χ0v) is 12.0. The highest BCUT2D eigenvalue weighted by molar-refractivity contribution is 6.63. The molecular formula is C14H21BO3. The Morgan fingerprint density at radius 2 is 1.61 bits per heavy atom. The molecule has 0 spiro atoms. The van der Waals surface area contributed by atoms with E-state index in [-0.39, 0.29) is 18.3 Å². The summed E-state index contributed by atoms with van der Waals surface area (Å²) >= 11 is 0. The van der Waals surface area contributed by atoms with Crippen molar-refractivity contribution >= 4 is 12.6 Å². The Morgan fingerprint density at radius 1 is 1.06 bits per heavy atom. The zero-order valence-electron chi connectivity index (χ0n) is 12.0. The molecule has 1 heterocycles. The normalized spacial score (nSPS) is 21.1. The van der Waals surface area contributed by atoms with Gasteiger partial charge in [0.25, 0.3) is 0 Å². The Balaban J connectivity index is 2.41. The predicted octanol–water partition coefficient (Wildman–Crippen LogP) is 2.30. The fourth-order valence-corrected chi connectivity index (χ4v) is 2.09. The van der Waals surface area contributed by atoms with Gasteiger partial charge in [-0.2, -0.15) is 0 Å². The monoisotopic (exact) mass is 248 g/mol. The second-order valence-electron chi connectivity index (χ2n) is 5.78. The molecule has 98 valence electrons. The molecule has 18 heavy (non-hydrogen) atoms. The first-order valence-corrected chi connectivity index (χ1v) is 6.27. The van der Waals surface area contributed by atoms with Gasteiger partial charge >= 0.3 is 7.12 Å². The van der Waals surface area contributed by atoms with Crippen LogP contribution in [0.5, 0.6) is 5.75 Å². The van der Waals surface area contributed by atoms with Crippen LogP contribution >= 0.6 is 0 Å². The van der Waals surface area contributed by atoms with E-state index in [1.165, 1.54) is 0 Å². The van der Waals surface area contributed by atoms with E-state index >= 15 is 0 Å². The third-order valence-electron chi connectivity index (χ3n) is 3.99. The fraction of sp³-hybridized carbons (Fsp3) is 0.571. The smallest absolute Gasteiger partial charge is 0.497 e. The maximum Gasteiger partial charge on any atom is 0.498 e. The first-order valence-electron chi connectivity index (χ1n) is 6.27. The van der Waals surface area contributed by atoms with Gasteiger partial charge < -0.3 is 14.0 Å². The Hall–Kier alpha value is -0.995. The van der Waals surface area contributed by atoms with Crippen LogP contribution in [0.2, 0.25) is 0 Å². The number of hydrogen-bond donors (Lipinski definition) is 0. The first-order chi connectivity index (χ1) is 8.28. The lowest BCUT2D eigenvalue weighted by Gasteiger charge is -2.32. The van der Waals surface area contributed by atoms with Crippen molar-refractivity contribution < 1.29 is 14.0 Å². The van der Waals surface area contributed by atoms with Crippen molar-refractivity contribution in [3.63, 3.8) is 0 Å². The van der Waals surface area contributed by atoms with Crippen molar-refractivity contribution in [2.75, 3.05) is 7.11 Å². The van der Waals surface area contributed by atoms with Crippen LogP contribution in [0.4, 0.5) is 0 Å². The van der Waals surface area contributed by atoms with Crippen LogP contribution in [0.1, 0.15) is 33.3 Å². The van der Waals surface area contributed by atoms with Crippen LogP contribution in [0, 0.1) is 6.92 Å². The van der Waals surface area contributed by atoms with Gasteiger partial charge in [-0.1, -0.05) is 12.1 Å². The average Bonchev–Trinajstić information content (AvgIpc) is 2.47. The van der Waals surface area contributed by atoms with E-state index < -0.39 is 0 Å². The lowest BCUT2D eigenvalue weighted by atomic mass is 9.75. The van der Waals surface area contributed by atoms with Gasteiger partial charge in [0.15, 0.2) is 0 Å². The number of aryl methyl sites for hydroxylation is 1. The molecule has 1 aliphatic heterocycles. The minimum Gasteiger partial charge on any atom is -0.497 e. The number of benzene rings is 1. The fourth-order valence-electron chi connectivity index (χ4n) is 2.09. The molecule has 0 unspecified atom stereocenters. The minimum atomic E-state index is -0.369. The first kappa shape index (κ1) is 13.4. The van der Waals surface area contributed by atoms with Crippen molar-refractivity contribution in [1.29, 1.82) is 0 Å². The van der Waals surface area contributed by atoms with Crippen molar-refractivity contribution in [3.05, 3.63) is 23.8 Å². The molecule has 0 saturated carbocycles. The molecule has 1 aromatic rings. The summed E-state index contributed by atoms with van der Waals surface area (Å²) < 4.78 is 17.6. The van der Waals surface area contributed by atoms with Gasteiger partial charge in [-0.15, -0.1) is 0 Å². The van der Waals surface area contributed by atoms with E-state index in [9.17, 15) is 0 Å². The zero-order chi connectivity index (χ0) is 13.6. The van der Waals surface area contributed by atoms with Crippen LogP contribution in [-0.4, -0.2) is 25.4 Å². The summed E-state index contributed by atoms with van der Waals surface area (Å²) in [5.41, 5.74) is 1.45. The molecule has 0 N–H and O–H groups in total. The second-order valence-corrected chi connectivity index (χ2v) is 5.78. The summed E-state index contributed by atoms with van der Waals surface area (Å²) in [4.78, 5) is 0.